The molecule has 0 atom stereocenters. The van der Waals surface area contributed by atoms with E-state index in [4.69, 9.17) is 9.47 Å². The van der Waals surface area contributed by atoms with Gasteiger partial charge in [0.05, 0.1) is 35.2 Å². The van der Waals surface area contributed by atoms with Crippen molar-refractivity contribution in [1.82, 2.24) is 4.90 Å². The van der Waals surface area contributed by atoms with Gasteiger partial charge in [0.2, 0.25) is 5.91 Å². The number of benzene rings is 1. The number of amides is 1. The summed E-state index contributed by atoms with van der Waals surface area (Å²) in [6, 6.07) is 6.61. The standard InChI is InChI=1S/C19H27NO5S/c1-14(2)26(22,23)16-7-5-15(6-8-16)9-17(21)20-10-19(11-20)12-24-18(3,4)25-13-19/h5-8,14H,9-13H2,1-4H3. The molecule has 1 spiro atoms. The van der Waals surface area contributed by atoms with Crippen LogP contribution in [-0.4, -0.2) is 56.6 Å². The molecule has 7 heteroatoms. The first kappa shape index (κ1) is 19.3. The number of hydrogen-bond acceptors (Lipinski definition) is 5. The highest BCUT2D eigenvalue weighted by Gasteiger charge is 2.49. The van der Waals surface area contributed by atoms with Crippen LogP contribution < -0.4 is 0 Å². The maximum absolute atomic E-state index is 12.5. The zero-order valence-electron chi connectivity index (χ0n) is 15.8. The highest BCUT2D eigenvalue weighted by atomic mass is 32.2. The van der Waals surface area contributed by atoms with Gasteiger partial charge in [-0.2, -0.15) is 0 Å². The second kappa shape index (κ2) is 6.62. The molecular formula is C19H27NO5S. The van der Waals surface area contributed by atoms with Crippen LogP contribution >= 0.6 is 0 Å². The maximum Gasteiger partial charge on any atom is 0.227 e. The number of likely N-dealkylation sites (tertiary alicyclic amines) is 1. The van der Waals surface area contributed by atoms with Crippen molar-refractivity contribution in [2.75, 3.05) is 26.3 Å². The molecule has 2 aliphatic rings. The molecule has 2 saturated heterocycles. The highest BCUT2D eigenvalue weighted by molar-refractivity contribution is 7.92. The molecule has 0 aromatic heterocycles. The van der Waals surface area contributed by atoms with Gasteiger partial charge in [0.25, 0.3) is 0 Å². The Morgan fingerprint density at radius 2 is 1.65 bits per heavy atom. The largest absolute Gasteiger partial charge is 0.350 e. The number of carbonyl (C=O) groups excluding carboxylic acids is 1. The van der Waals surface area contributed by atoms with Gasteiger partial charge in [-0.3, -0.25) is 4.79 Å². The van der Waals surface area contributed by atoms with Crippen LogP contribution in [-0.2, 0) is 30.5 Å². The van der Waals surface area contributed by atoms with E-state index < -0.39 is 20.9 Å². The van der Waals surface area contributed by atoms with Crippen molar-refractivity contribution in [2.24, 2.45) is 5.41 Å². The van der Waals surface area contributed by atoms with Crippen LogP contribution in [0.2, 0.25) is 0 Å². The lowest BCUT2D eigenvalue weighted by Crippen LogP contribution is -2.66. The smallest absolute Gasteiger partial charge is 0.227 e. The Kier molecular flexibility index (Phi) is 4.92. The average Bonchev–Trinajstić information content (AvgIpc) is 2.53. The molecule has 2 heterocycles. The molecule has 1 amide bonds. The van der Waals surface area contributed by atoms with E-state index >= 15 is 0 Å². The Hall–Kier alpha value is -1.44. The van der Waals surface area contributed by atoms with Gasteiger partial charge >= 0.3 is 0 Å². The van der Waals surface area contributed by atoms with Crippen LogP contribution in [0, 0.1) is 5.41 Å². The topological polar surface area (TPSA) is 72.9 Å². The van der Waals surface area contributed by atoms with Crippen LogP contribution in [0.25, 0.3) is 0 Å². The fourth-order valence-electron chi connectivity index (χ4n) is 3.22. The minimum absolute atomic E-state index is 0.0416. The van der Waals surface area contributed by atoms with Crippen molar-refractivity contribution < 1.29 is 22.7 Å². The molecule has 0 saturated carbocycles. The summed E-state index contributed by atoms with van der Waals surface area (Å²) in [5.41, 5.74) is 0.733. The minimum Gasteiger partial charge on any atom is -0.350 e. The monoisotopic (exact) mass is 381 g/mol. The van der Waals surface area contributed by atoms with Crippen LogP contribution in [0.15, 0.2) is 29.2 Å². The third-order valence-corrected chi connectivity index (χ3v) is 7.26. The number of hydrogen-bond donors (Lipinski definition) is 0. The van der Waals surface area contributed by atoms with E-state index in [-0.39, 0.29) is 17.7 Å². The lowest BCUT2D eigenvalue weighted by molar-refractivity contribution is -0.302. The lowest BCUT2D eigenvalue weighted by Gasteiger charge is -2.54. The number of ether oxygens (including phenoxy) is 2. The second-order valence-corrected chi connectivity index (χ2v) is 10.6. The van der Waals surface area contributed by atoms with Gasteiger partial charge < -0.3 is 14.4 Å². The fourth-order valence-corrected chi connectivity index (χ4v) is 4.27. The molecule has 2 aliphatic heterocycles. The zero-order chi connectivity index (χ0) is 19.2. The van der Waals surface area contributed by atoms with Crippen molar-refractivity contribution in [2.45, 2.75) is 50.0 Å². The van der Waals surface area contributed by atoms with Crippen molar-refractivity contribution >= 4 is 15.7 Å². The molecule has 3 rings (SSSR count). The summed E-state index contributed by atoms with van der Waals surface area (Å²) < 4.78 is 35.7. The first-order valence-corrected chi connectivity index (χ1v) is 10.5. The highest BCUT2D eigenvalue weighted by Crippen LogP contribution is 2.37. The lowest BCUT2D eigenvalue weighted by atomic mass is 9.80. The van der Waals surface area contributed by atoms with Gasteiger partial charge in [0, 0.05) is 13.1 Å². The van der Waals surface area contributed by atoms with E-state index in [2.05, 4.69) is 0 Å². The Morgan fingerprint density at radius 3 is 2.15 bits per heavy atom. The first-order valence-electron chi connectivity index (χ1n) is 8.92. The Balaban J connectivity index is 1.55. The van der Waals surface area contributed by atoms with E-state index in [1.807, 2.05) is 18.7 Å². The SMILES string of the molecule is CC(C)S(=O)(=O)c1ccc(CC(=O)N2CC3(COC(C)(C)OC3)C2)cc1. The normalized spacial score (nSPS) is 21.7. The summed E-state index contributed by atoms with van der Waals surface area (Å²) in [7, 11) is -3.28. The third-order valence-electron chi connectivity index (χ3n) is 5.08. The molecule has 0 aliphatic carbocycles. The van der Waals surface area contributed by atoms with Crippen molar-refractivity contribution in [1.29, 1.82) is 0 Å². The predicted octanol–water partition coefficient (Wildman–Crippen LogP) is 2.02. The number of rotatable bonds is 4. The Labute approximate surface area is 155 Å². The van der Waals surface area contributed by atoms with Gasteiger partial charge in [0.1, 0.15) is 0 Å². The summed E-state index contributed by atoms with van der Waals surface area (Å²) in [4.78, 5) is 14.6. The fraction of sp³-hybridized carbons (Fsp3) is 0.632. The second-order valence-electron chi connectivity index (χ2n) is 8.14. The summed E-state index contributed by atoms with van der Waals surface area (Å²) >= 11 is 0. The molecule has 26 heavy (non-hydrogen) atoms. The summed E-state index contributed by atoms with van der Waals surface area (Å²) in [5, 5.41) is -0.461. The first-order chi connectivity index (χ1) is 12.0. The van der Waals surface area contributed by atoms with E-state index in [1.165, 1.54) is 0 Å². The van der Waals surface area contributed by atoms with Gasteiger partial charge in [-0.25, -0.2) is 8.42 Å². The Morgan fingerprint density at radius 1 is 1.12 bits per heavy atom. The third kappa shape index (κ3) is 3.80. The van der Waals surface area contributed by atoms with E-state index in [0.717, 1.165) is 5.56 Å². The number of carbonyl (C=O) groups is 1. The summed E-state index contributed by atoms with van der Waals surface area (Å²) in [5.74, 6) is -0.506. The Bertz CT molecular complexity index is 765. The van der Waals surface area contributed by atoms with Crippen molar-refractivity contribution in [3.8, 4) is 0 Å². The minimum atomic E-state index is -3.28. The molecular weight excluding hydrogens is 354 g/mol. The van der Waals surface area contributed by atoms with Crippen molar-refractivity contribution in [3.05, 3.63) is 29.8 Å². The average molecular weight is 381 g/mol. The number of nitrogens with zero attached hydrogens (tertiary/aromatic N) is 1. The van der Waals surface area contributed by atoms with E-state index in [1.54, 1.807) is 38.1 Å². The van der Waals surface area contributed by atoms with Crippen molar-refractivity contribution in [3.63, 3.8) is 0 Å². The summed E-state index contributed by atoms with van der Waals surface area (Å²) in [6.07, 6.45) is 0.269. The molecule has 1 aromatic carbocycles. The molecule has 2 fully saturated rings. The predicted molar refractivity (Wildman–Crippen MR) is 97.5 cm³/mol. The van der Waals surface area contributed by atoms with Gasteiger partial charge in [-0.1, -0.05) is 12.1 Å². The quantitative estimate of drug-likeness (QED) is 0.798. The van der Waals surface area contributed by atoms with E-state index in [0.29, 0.717) is 31.2 Å². The van der Waals surface area contributed by atoms with Crippen LogP contribution in [0.4, 0.5) is 0 Å². The molecule has 0 N–H and O–H groups in total. The molecule has 1 aromatic rings. The van der Waals surface area contributed by atoms with Crippen LogP contribution in [0.5, 0.6) is 0 Å². The van der Waals surface area contributed by atoms with Crippen LogP contribution in [0.1, 0.15) is 33.3 Å². The molecule has 0 unspecified atom stereocenters. The van der Waals surface area contributed by atoms with Gasteiger partial charge in [-0.15, -0.1) is 0 Å². The molecule has 144 valence electrons. The summed E-state index contributed by atoms with van der Waals surface area (Å²) in [6.45, 7) is 9.59. The molecule has 0 radical (unpaired) electrons. The van der Waals surface area contributed by atoms with Gasteiger partial charge in [0.15, 0.2) is 15.6 Å². The van der Waals surface area contributed by atoms with Crippen LogP contribution in [0.3, 0.4) is 0 Å². The van der Waals surface area contributed by atoms with Gasteiger partial charge in [-0.05, 0) is 45.4 Å². The molecule has 0 bridgehead atoms. The molecule has 6 nitrogen and oxygen atoms in total. The van der Waals surface area contributed by atoms with E-state index in [9.17, 15) is 13.2 Å². The maximum atomic E-state index is 12.5. The zero-order valence-corrected chi connectivity index (χ0v) is 16.6. The number of sulfone groups is 1.